The Hall–Kier alpha value is -1.36. The van der Waals surface area contributed by atoms with Crippen molar-refractivity contribution in [1.82, 2.24) is 26.0 Å². The molecule has 1 aliphatic heterocycles. The van der Waals surface area contributed by atoms with Crippen LogP contribution in [0.1, 0.15) is 63.8 Å². The molecule has 1 aromatic rings. The van der Waals surface area contributed by atoms with Crippen LogP contribution in [0.2, 0.25) is 0 Å². The third-order valence-corrected chi connectivity index (χ3v) is 5.29. The second kappa shape index (κ2) is 13.8. The van der Waals surface area contributed by atoms with Gasteiger partial charge in [0.25, 0.3) is 0 Å². The highest BCUT2D eigenvalue weighted by Crippen LogP contribution is 2.22. The van der Waals surface area contributed by atoms with Crippen molar-refractivity contribution >= 4 is 35.8 Å². The van der Waals surface area contributed by atoms with Crippen LogP contribution < -0.4 is 16.0 Å². The first kappa shape index (κ1) is 25.7. The molecule has 0 unspecified atom stereocenters. The number of amides is 1. The van der Waals surface area contributed by atoms with Crippen LogP contribution >= 0.6 is 24.0 Å². The molecule has 2 rings (SSSR count). The van der Waals surface area contributed by atoms with E-state index in [0.717, 1.165) is 62.7 Å². The summed E-state index contributed by atoms with van der Waals surface area (Å²) in [5.41, 5.74) is 1.02. The molecule has 1 saturated heterocycles. The summed E-state index contributed by atoms with van der Waals surface area (Å²) in [7, 11) is 1.68. The Labute approximate surface area is 191 Å². The molecule has 1 amide bonds. The van der Waals surface area contributed by atoms with E-state index in [1.807, 2.05) is 6.07 Å². The zero-order valence-corrected chi connectivity index (χ0v) is 20.5. The van der Waals surface area contributed by atoms with Crippen molar-refractivity contribution in [3.05, 3.63) is 17.5 Å². The van der Waals surface area contributed by atoms with Crippen molar-refractivity contribution < 1.29 is 9.32 Å². The maximum atomic E-state index is 11.5. The average molecular weight is 520 g/mol. The third-order valence-electron chi connectivity index (χ3n) is 5.29. The summed E-state index contributed by atoms with van der Waals surface area (Å²) < 4.78 is 5.47. The summed E-state index contributed by atoms with van der Waals surface area (Å²) in [6.45, 7) is 9.97. The summed E-state index contributed by atoms with van der Waals surface area (Å²) in [4.78, 5) is 18.4. The van der Waals surface area contributed by atoms with Gasteiger partial charge >= 0.3 is 0 Å². The molecule has 1 fully saturated rings. The van der Waals surface area contributed by atoms with Crippen LogP contribution in [0.15, 0.2) is 15.6 Å². The van der Waals surface area contributed by atoms with Gasteiger partial charge in [0.1, 0.15) is 6.54 Å². The number of aromatic nitrogens is 1. The lowest BCUT2D eigenvalue weighted by molar-refractivity contribution is -0.122. The molecule has 29 heavy (non-hydrogen) atoms. The maximum absolute atomic E-state index is 11.5. The molecule has 0 radical (unpaired) electrons. The van der Waals surface area contributed by atoms with Gasteiger partial charge in [-0.15, -0.1) is 24.0 Å². The maximum Gasteiger partial charge on any atom is 0.233 e. The second-order valence-electron chi connectivity index (χ2n) is 7.29. The molecular formula is C20H37IN6O2. The molecule has 2 heterocycles. The molecule has 1 aromatic heterocycles. The summed E-state index contributed by atoms with van der Waals surface area (Å²) in [5, 5.41) is 13.7. The molecule has 0 atom stereocenters. The highest BCUT2D eigenvalue weighted by Gasteiger charge is 2.21. The van der Waals surface area contributed by atoms with E-state index >= 15 is 0 Å². The monoisotopic (exact) mass is 520 g/mol. The first-order valence-corrected chi connectivity index (χ1v) is 10.5. The zero-order valence-electron chi connectivity index (χ0n) is 18.2. The normalized spacial score (nSPS) is 15.8. The quantitative estimate of drug-likeness (QED) is 0.263. The molecule has 166 valence electrons. The number of piperidine rings is 1. The number of carbonyl (C=O) groups excluding carboxylic acids is 1. The predicted octanol–water partition coefficient (Wildman–Crippen LogP) is 2.46. The third kappa shape index (κ3) is 8.49. The minimum absolute atomic E-state index is 0. The Bertz CT molecular complexity index is 624. The number of hydrogen-bond acceptors (Lipinski definition) is 5. The van der Waals surface area contributed by atoms with Crippen LogP contribution in [0.3, 0.4) is 0 Å². The van der Waals surface area contributed by atoms with E-state index in [2.05, 4.69) is 51.8 Å². The number of likely N-dealkylation sites (N-methyl/N-ethyl adjacent to an activating group) is 1. The van der Waals surface area contributed by atoms with Gasteiger partial charge in [0.15, 0.2) is 11.7 Å². The van der Waals surface area contributed by atoms with Gasteiger partial charge in [0.2, 0.25) is 5.91 Å². The zero-order chi connectivity index (χ0) is 20.4. The Kier molecular flexibility index (Phi) is 12.2. The van der Waals surface area contributed by atoms with Crippen LogP contribution in [-0.2, 0) is 11.3 Å². The van der Waals surface area contributed by atoms with Gasteiger partial charge in [-0.3, -0.25) is 9.69 Å². The SMILES string of the molecule is CCNC(=NCc1cc(C(CC)CC)no1)NC1CCN(CC(=O)NC)CC1.I. The molecule has 0 aliphatic carbocycles. The van der Waals surface area contributed by atoms with Crippen molar-refractivity contribution in [1.29, 1.82) is 0 Å². The summed E-state index contributed by atoms with van der Waals surface area (Å²) >= 11 is 0. The fourth-order valence-electron chi connectivity index (χ4n) is 3.49. The van der Waals surface area contributed by atoms with Crippen LogP contribution in [0.25, 0.3) is 0 Å². The predicted molar refractivity (Wildman–Crippen MR) is 127 cm³/mol. The van der Waals surface area contributed by atoms with Gasteiger partial charge in [-0.2, -0.15) is 0 Å². The van der Waals surface area contributed by atoms with Crippen LogP contribution in [0.5, 0.6) is 0 Å². The molecular weight excluding hydrogens is 483 g/mol. The Balaban J connectivity index is 0.00000420. The van der Waals surface area contributed by atoms with Gasteiger partial charge in [-0.05, 0) is 32.6 Å². The van der Waals surface area contributed by atoms with Crippen LogP contribution in [-0.4, -0.2) is 61.2 Å². The van der Waals surface area contributed by atoms with Gasteiger partial charge < -0.3 is 20.5 Å². The standard InChI is InChI=1S/C20H36N6O2.HI/c1-5-15(6-2)18-12-17(28-25-18)13-23-20(22-7-3)24-16-8-10-26(11-9-16)14-19(27)21-4;/h12,15-16H,5-11,13-14H2,1-4H3,(H,21,27)(H2,22,23,24);1H. The summed E-state index contributed by atoms with van der Waals surface area (Å²) in [5.74, 6) is 2.11. The Morgan fingerprint density at radius 3 is 2.59 bits per heavy atom. The number of rotatable bonds is 9. The van der Waals surface area contributed by atoms with Gasteiger partial charge in [-0.25, -0.2) is 4.99 Å². The Morgan fingerprint density at radius 2 is 2.00 bits per heavy atom. The van der Waals surface area contributed by atoms with Crippen molar-refractivity contribution in [2.45, 2.75) is 65.0 Å². The van der Waals surface area contributed by atoms with E-state index in [-0.39, 0.29) is 29.9 Å². The second-order valence-corrected chi connectivity index (χ2v) is 7.29. The van der Waals surface area contributed by atoms with Crippen molar-refractivity contribution in [3.8, 4) is 0 Å². The number of nitrogens with zero attached hydrogens (tertiary/aromatic N) is 3. The van der Waals surface area contributed by atoms with Gasteiger partial charge in [0, 0.05) is 44.7 Å². The molecule has 1 aliphatic rings. The molecule has 0 spiro atoms. The smallest absolute Gasteiger partial charge is 0.233 e. The van der Waals surface area contributed by atoms with Gasteiger partial charge in [0.05, 0.1) is 12.2 Å². The van der Waals surface area contributed by atoms with E-state index in [1.54, 1.807) is 7.05 Å². The lowest BCUT2D eigenvalue weighted by Gasteiger charge is -2.32. The van der Waals surface area contributed by atoms with E-state index in [4.69, 9.17) is 4.52 Å². The number of guanidine groups is 1. The number of nitrogens with one attached hydrogen (secondary N) is 3. The molecule has 8 nitrogen and oxygen atoms in total. The van der Waals surface area contributed by atoms with Crippen molar-refractivity contribution in [2.24, 2.45) is 4.99 Å². The van der Waals surface area contributed by atoms with Crippen LogP contribution in [0.4, 0.5) is 0 Å². The topological polar surface area (TPSA) is 94.8 Å². The molecule has 0 aromatic carbocycles. The lowest BCUT2D eigenvalue weighted by Crippen LogP contribution is -2.50. The van der Waals surface area contributed by atoms with E-state index < -0.39 is 0 Å². The number of halogens is 1. The molecule has 9 heteroatoms. The summed E-state index contributed by atoms with van der Waals surface area (Å²) in [6, 6.07) is 2.38. The fourth-order valence-corrected chi connectivity index (χ4v) is 3.49. The largest absolute Gasteiger partial charge is 0.359 e. The van der Waals surface area contributed by atoms with E-state index in [1.165, 1.54) is 0 Å². The molecule has 3 N–H and O–H groups in total. The highest BCUT2D eigenvalue weighted by atomic mass is 127. The number of aliphatic imine (C=N–C) groups is 1. The average Bonchev–Trinajstić information content (AvgIpc) is 3.17. The van der Waals surface area contributed by atoms with E-state index in [0.29, 0.717) is 25.0 Å². The van der Waals surface area contributed by atoms with Crippen LogP contribution in [0, 0.1) is 0 Å². The first-order chi connectivity index (χ1) is 13.6. The number of hydrogen-bond donors (Lipinski definition) is 3. The van der Waals surface area contributed by atoms with Gasteiger partial charge in [-0.1, -0.05) is 19.0 Å². The minimum Gasteiger partial charge on any atom is -0.359 e. The lowest BCUT2D eigenvalue weighted by atomic mass is 9.99. The van der Waals surface area contributed by atoms with Crippen molar-refractivity contribution in [3.63, 3.8) is 0 Å². The van der Waals surface area contributed by atoms with Crippen molar-refractivity contribution in [2.75, 3.05) is 33.2 Å². The number of carbonyl (C=O) groups is 1. The van der Waals surface area contributed by atoms with E-state index in [9.17, 15) is 4.79 Å². The minimum atomic E-state index is 0. The Morgan fingerprint density at radius 1 is 1.31 bits per heavy atom. The highest BCUT2D eigenvalue weighted by molar-refractivity contribution is 14.0. The number of likely N-dealkylation sites (tertiary alicyclic amines) is 1. The molecule has 0 saturated carbocycles. The first-order valence-electron chi connectivity index (χ1n) is 10.5. The molecule has 0 bridgehead atoms. The summed E-state index contributed by atoms with van der Waals surface area (Å²) in [6.07, 6.45) is 4.11. The fraction of sp³-hybridized carbons (Fsp3) is 0.750.